The van der Waals surface area contributed by atoms with Crippen LogP contribution in [0.3, 0.4) is 0 Å². The number of thioether (sulfide) groups is 1. The second-order valence-corrected chi connectivity index (χ2v) is 7.33. The fourth-order valence-electron chi connectivity index (χ4n) is 3.04. The van der Waals surface area contributed by atoms with Crippen LogP contribution in [0.25, 0.3) is 6.08 Å². The van der Waals surface area contributed by atoms with Crippen LogP contribution in [0.5, 0.6) is 11.5 Å². The molecule has 0 fully saturated rings. The van der Waals surface area contributed by atoms with Crippen LogP contribution < -0.4 is 9.47 Å². The predicted molar refractivity (Wildman–Crippen MR) is 108 cm³/mol. The molecule has 28 heavy (non-hydrogen) atoms. The van der Waals surface area contributed by atoms with Gasteiger partial charge in [0.2, 0.25) is 12.0 Å². The molecule has 0 aromatic heterocycles. The molecule has 5 rings (SSSR count). The number of aliphatic imine (C=N–C) groups is 1. The number of carbonyl (C=O) groups excluding carboxylic acids is 1. The monoisotopic (exact) mass is 390 g/mol. The van der Waals surface area contributed by atoms with E-state index in [4.69, 9.17) is 14.9 Å². The van der Waals surface area contributed by atoms with Crippen LogP contribution >= 0.6 is 11.8 Å². The van der Waals surface area contributed by atoms with Gasteiger partial charge in [-0.05, 0) is 41.1 Å². The normalized spacial score (nSPS) is 19.0. The zero-order chi connectivity index (χ0) is 19.1. The van der Waals surface area contributed by atoms with E-state index in [0.29, 0.717) is 23.1 Å². The van der Waals surface area contributed by atoms with E-state index in [9.17, 15) is 4.79 Å². The second-order valence-electron chi connectivity index (χ2n) is 6.29. The van der Waals surface area contributed by atoms with Crippen molar-refractivity contribution in [3.63, 3.8) is 0 Å². The summed E-state index contributed by atoms with van der Waals surface area (Å²) in [5, 5.41) is 15.6. The van der Waals surface area contributed by atoms with Gasteiger partial charge in [-0.3, -0.25) is 10.2 Å². The van der Waals surface area contributed by atoms with Gasteiger partial charge in [0.25, 0.3) is 5.91 Å². The number of hydrogen-bond donors (Lipinski definition) is 1. The SMILES string of the molecule is N=C1/C(=C/c2ccc3c(c2)OCO3)C(=O)N=C2SC(Cc3ccccc3)=NN12. The van der Waals surface area contributed by atoms with Crippen molar-refractivity contribution in [2.75, 3.05) is 6.79 Å². The van der Waals surface area contributed by atoms with Crippen molar-refractivity contribution in [1.29, 1.82) is 5.41 Å². The molecule has 0 spiro atoms. The van der Waals surface area contributed by atoms with Gasteiger partial charge in [0.05, 0.1) is 5.57 Å². The zero-order valence-corrected chi connectivity index (χ0v) is 15.4. The van der Waals surface area contributed by atoms with Crippen LogP contribution in [0, 0.1) is 5.41 Å². The van der Waals surface area contributed by atoms with Gasteiger partial charge in [0.15, 0.2) is 17.3 Å². The van der Waals surface area contributed by atoms with E-state index >= 15 is 0 Å². The smallest absolute Gasteiger partial charge is 0.283 e. The number of nitrogens with one attached hydrogen (secondary N) is 1. The molecule has 0 radical (unpaired) electrons. The molecule has 7 nitrogen and oxygen atoms in total. The molecule has 0 unspecified atom stereocenters. The summed E-state index contributed by atoms with van der Waals surface area (Å²) < 4.78 is 10.7. The Morgan fingerprint density at radius 1 is 1.14 bits per heavy atom. The Hall–Kier alpha value is -3.39. The van der Waals surface area contributed by atoms with Crippen LogP contribution in [0.2, 0.25) is 0 Å². The first kappa shape index (κ1) is 16.8. The Bertz CT molecular complexity index is 1090. The average molecular weight is 390 g/mol. The van der Waals surface area contributed by atoms with Crippen molar-refractivity contribution >= 4 is 39.8 Å². The molecule has 2 aromatic rings. The minimum absolute atomic E-state index is 0.0169. The van der Waals surface area contributed by atoms with Gasteiger partial charge in [0, 0.05) is 6.42 Å². The number of carbonyl (C=O) groups is 1. The molecule has 1 amide bonds. The lowest BCUT2D eigenvalue weighted by Gasteiger charge is -2.20. The Labute approximate surface area is 164 Å². The summed E-state index contributed by atoms with van der Waals surface area (Å²) in [6.07, 6.45) is 2.26. The van der Waals surface area contributed by atoms with Crippen molar-refractivity contribution in [2.24, 2.45) is 10.1 Å². The van der Waals surface area contributed by atoms with E-state index in [0.717, 1.165) is 16.2 Å². The van der Waals surface area contributed by atoms with Gasteiger partial charge in [-0.1, -0.05) is 36.4 Å². The second kappa shape index (κ2) is 6.65. The molecular weight excluding hydrogens is 376 g/mol. The van der Waals surface area contributed by atoms with E-state index in [2.05, 4.69) is 10.1 Å². The number of amidine groups is 2. The topological polar surface area (TPSA) is 87.3 Å². The standard InChI is InChI=1S/C20H14N4O3S/c21-18-14(8-13-6-7-15-16(9-13)27-11-26-15)19(25)22-20-24(18)23-17(28-20)10-12-4-2-1-3-5-12/h1-9,21H,10-11H2/b14-8-,21-18?. The third kappa shape index (κ3) is 2.97. The molecule has 3 aliphatic rings. The molecule has 8 heteroatoms. The van der Waals surface area contributed by atoms with Gasteiger partial charge >= 0.3 is 0 Å². The quantitative estimate of drug-likeness (QED) is 0.813. The summed E-state index contributed by atoms with van der Waals surface area (Å²) in [6, 6.07) is 15.3. The number of nitrogens with zero attached hydrogens (tertiary/aromatic N) is 3. The lowest BCUT2D eigenvalue weighted by Crippen LogP contribution is -2.35. The molecule has 0 aliphatic carbocycles. The number of hydrazone groups is 1. The largest absolute Gasteiger partial charge is 0.454 e. The van der Waals surface area contributed by atoms with E-state index in [-0.39, 0.29) is 18.2 Å². The maximum absolute atomic E-state index is 12.5. The molecule has 138 valence electrons. The van der Waals surface area contributed by atoms with Crippen LogP contribution in [0.1, 0.15) is 11.1 Å². The number of amides is 1. The van der Waals surface area contributed by atoms with Gasteiger partial charge in [-0.2, -0.15) is 15.1 Å². The van der Waals surface area contributed by atoms with Crippen LogP contribution in [0.4, 0.5) is 0 Å². The Kier molecular flexibility index (Phi) is 3.98. The average Bonchev–Trinajstić information content (AvgIpc) is 3.32. The Morgan fingerprint density at radius 3 is 2.82 bits per heavy atom. The highest BCUT2D eigenvalue weighted by Crippen LogP contribution is 2.34. The lowest BCUT2D eigenvalue weighted by atomic mass is 10.1. The number of rotatable bonds is 3. The maximum Gasteiger partial charge on any atom is 0.283 e. The summed E-state index contributed by atoms with van der Waals surface area (Å²) in [7, 11) is 0. The molecule has 2 aromatic carbocycles. The van der Waals surface area contributed by atoms with E-state index in [1.807, 2.05) is 36.4 Å². The minimum atomic E-state index is -0.447. The maximum atomic E-state index is 12.5. The zero-order valence-electron chi connectivity index (χ0n) is 14.6. The molecule has 0 atom stereocenters. The van der Waals surface area contributed by atoms with E-state index in [1.54, 1.807) is 18.2 Å². The van der Waals surface area contributed by atoms with E-state index in [1.165, 1.54) is 16.8 Å². The molecule has 0 bridgehead atoms. The Morgan fingerprint density at radius 2 is 1.96 bits per heavy atom. The van der Waals surface area contributed by atoms with E-state index < -0.39 is 5.91 Å². The molecular formula is C20H14N4O3S. The van der Waals surface area contributed by atoms with Crippen molar-refractivity contribution in [3.8, 4) is 11.5 Å². The molecule has 1 N–H and O–H groups in total. The van der Waals surface area contributed by atoms with Crippen LogP contribution in [0.15, 0.2) is 64.2 Å². The summed E-state index contributed by atoms with van der Waals surface area (Å²) in [6.45, 7) is 0.182. The predicted octanol–water partition coefficient (Wildman–Crippen LogP) is 3.28. The first-order valence-electron chi connectivity index (χ1n) is 8.60. The first-order chi connectivity index (χ1) is 13.7. The van der Waals surface area contributed by atoms with Crippen molar-refractivity contribution < 1.29 is 14.3 Å². The highest BCUT2D eigenvalue weighted by molar-refractivity contribution is 8.26. The summed E-state index contributed by atoms with van der Waals surface area (Å²) in [5.74, 6) is 0.854. The molecule has 3 aliphatic heterocycles. The number of fused-ring (bicyclic) bond motifs is 2. The number of benzene rings is 2. The van der Waals surface area contributed by atoms with Crippen LogP contribution in [-0.4, -0.2) is 33.8 Å². The van der Waals surface area contributed by atoms with Gasteiger partial charge in [0.1, 0.15) is 5.04 Å². The third-order valence-corrected chi connectivity index (χ3v) is 5.31. The molecule has 0 saturated carbocycles. The molecule has 3 heterocycles. The van der Waals surface area contributed by atoms with Gasteiger partial charge in [-0.25, -0.2) is 0 Å². The van der Waals surface area contributed by atoms with Crippen molar-refractivity contribution in [2.45, 2.75) is 6.42 Å². The van der Waals surface area contributed by atoms with Crippen LogP contribution in [-0.2, 0) is 11.2 Å². The van der Waals surface area contributed by atoms with Gasteiger partial charge < -0.3 is 9.47 Å². The molecule has 0 saturated heterocycles. The fourth-order valence-corrected chi connectivity index (χ4v) is 3.96. The first-order valence-corrected chi connectivity index (χ1v) is 9.42. The van der Waals surface area contributed by atoms with Crippen molar-refractivity contribution in [1.82, 2.24) is 5.01 Å². The Balaban J connectivity index is 1.42. The van der Waals surface area contributed by atoms with Crippen molar-refractivity contribution in [3.05, 3.63) is 65.2 Å². The highest BCUT2D eigenvalue weighted by Gasteiger charge is 2.35. The number of ether oxygens (including phenoxy) is 2. The fraction of sp³-hybridized carbons (Fsp3) is 0.100. The van der Waals surface area contributed by atoms with Gasteiger partial charge in [-0.15, -0.1) is 0 Å². The summed E-state index contributed by atoms with van der Waals surface area (Å²) >= 11 is 1.32. The number of hydrogen-bond acceptors (Lipinski definition) is 6. The summed E-state index contributed by atoms with van der Waals surface area (Å²) in [5.41, 5.74) is 2.03. The minimum Gasteiger partial charge on any atom is -0.454 e. The summed E-state index contributed by atoms with van der Waals surface area (Å²) in [4.78, 5) is 16.6. The highest BCUT2D eigenvalue weighted by atomic mass is 32.2. The third-order valence-electron chi connectivity index (χ3n) is 4.40. The lowest BCUT2D eigenvalue weighted by molar-refractivity contribution is -0.114.